The molecule has 1 aromatic rings. The Morgan fingerprint density at radius 3 is 2.42 bits per heavy atom. The van der Waals surface area contributed by atoms with Gasteiger partial charge in [-0.15, -0.1) is 0 Å². The van der Waals surface area contributed by atoms with Gasteiger partial charge in [-0.2, -0.15) is 0 Å². The summed E-state index contributed by atoms with van der Waals surface area (Å²) < 4.78 is 5.40. The highest BCUT2D eigenvalue weighted by Crippen LogP contribution is 2.36. The molecule has 9 heteroatoms. The first kappa shape index (κ1) is 18.1. The third-order valence-electron chi connectivity index (χ3n) is 4.21. The van der Waals surface area contributed by atoms with Gasteiger partial charge >= 0.3 is 11.5 Å². The topological polar surface area (TPSA) is 107 Å². The van der Waals surface area contributed by atoms with Crippen LogP contribution >= 0.6 is 15.9 Å². The molecular weight excluding hydrogens is 384 g/mol. The summed E-state index contributed by atoms with van der Waals surface area (Å²) in [5.41, 5.74) is -1.87. The largest absolute Gasteiger partial charge is 0.464 e. The second kappa shape index (κ2) is 6.68. The number of ether oxygens (including phenoxy) is 1. The van der Waals surface area contributed by atoms with Crippen molar-refractivity contribution in [1.82, 2.24) is 4.90 Å². The Bertz CT molecular complexity index is 704. The Morgan fingerprint density at radius 1 is 1.42 bits per heavy atom. The van der Waals surface area contributed by atoms with Gasteiger partial charge in [0.15, 0.2) is 0 Å². The first-order valence-electron chi connectivity index (χ1n) is 7.01. The third kappa shape index (κ3) is 2.91. The zero-order chi connectivity index (χ0) is 18.1. The first-order chi connectivity index (χ1) is 11.2. The van der Waals surface area contributed by atoms with Crippen LogP contribution in [0.2, 0.25) is 0 Å². The Kier molecular flexibility index (Phi) is 5.02. The highest BCUT2D eigenvalue weighted by Gasteiger charge is 2.65. The van der Waals surface area contributed by atoms with Crippen molar-refractivity contribution in [2.75, 3.05) is 14.2 Å². The number of nitrogens with zero attached hydrogens (tertiary/aromatic N) is 2. The number of nitro groups is 1. The number of likely N-dealkylation sites (tertiary alicyclic amines) is 1. The van der Waals surface area contributed by atoms with Gasteiger partial charge in [-0.25, -0.2) is 4.79 Å². The van der Waals surface area contributed by atoms with Crippen LogP contribution in [0, 0.1) is 16.0 Å². The summed E-state index contributed by atoms with van der Waals surface area (Å²) >= 11 is 3.26. The summed E-state index contributed by atoms with van der Waals surface area (Å²) in [7, 11) is 2.26. The standard InChI is InChI=1S/C15H15BrN2O6/c1-17-12(19)7-11(13(17)20)15(18(22)23,14(21)24-2)8-9-3-5-10(16)6-4-9/h3-6,11H,7-8H2,1-2H3/t11-,15+/m1/s1. The number of benzene rings is 1. The third-order valence-corrected chi connectivity index (χ3v) is 4.74. The minimum Gasteiger partial charge on any atom is -0.464 e. The molecule has 2 amide bonds. The molecule has 0 aromatic heterocycles. The predicted octanol–water partition coefficient (Wildman–Crippen LogP) is 1.19. The molecule has 0 saturated carbocycles. The Morgan fingerprint density at radius 2 is 2.00 bits per heavy atom. The number of amides is 2. The molecule has 0 bridgehead atoms. The van der Waals surface area contributed by atoms with E-state index in [1.165, 1.54) is 7.05 Å². The Hall–Kier alpha value is -2.29. The molecule has 1 saturated heterocycles. The van der Waals surface area contributed by atoms with Gasteiger partial charge in [0.2, 0.25) is 11.8 Å². The molecule has 2 atom stereocenters. The lowest BCUT2D eigenvalue weighted by Gasteiger charge is -2.26. The lowest BCUT2D eigenvalue weighted by molar-refractivity contribution is -0.562. The van der Waals surface area contributed by atoms with Gasteiger partial charge in [0.1, 0.15) is 5.92 Å². The van der Waals surface area contributed by atoms with E-state index >= 15 is 0 Å². The lowest BCUT2D eigenvalue weighted by Crippen LogP contribution is -2.57. The number of hydrogen-bond donors (Lipinski definition) is 0. The van der Waals surface area contributed by atoms with Crippen LogP contribution in [-0.2, 0) is 25.5 Å². The monoisotopic (exact) mass is 398 g/mol. The van der Waals surface area contributed by atoms with E-state index in [1.807, 2.05) is 0 Å². The number of carbonyl (C=O) groups excluding carboxylic acids is 3. The second-order valence-corrected chi connectivity index (χ2v) is 6.44. The van der Waals surface area contributed by atoms with E-state index in [0.29, 0.717) is 5.56 Å². The maximum atomic E-state index is 12.3. The van der Waals surface area contributed by atoms with Gasteiger partial charge in [-0.3, -0.25) is 24.6 Å². The fourth-order valence-electron chi connectivity index (χ4n) is 2.82. The van der Waals surface area contributed by atoms with Gasteiger partial charge in [0.05, 0.1) is 13.5 Å². The normalized spacial score (nSPS) is 20.0. The molecule has 1 aliphatic rings. The van der Waals surface area contributed by atoms with Crippen molar-refractivity contribution in [3.05, 3.63) is 44.4 Å². The van der Waals surface area contributed by atoms with Crippen molar-refractivity contribution in [2.24, 2.45) is 5.92 Å². The van der Waals surface area contributed by atoms with E-state index in [1.54, 1.807) is 24.3 Å². The quantitative estimate of drug-likeness (QED) is 0.319. The summed E-state index contributed by atoms with van der Waals surface area (Å²) in [5, 5.41) is 11.9. The van der Waals surface area contributed by atoms with Crippen LogP contribution in [0.15, 0.2) is 28.7 Å². The smallest absolute Gasteiger partial charge is 0.385 e. The summed E-state index contributed by atoms with van der Waals surface area (Å²) in [6, 6.07) is 6.56. The molecule has 0 unspecified atom stereocenters. The van der Waals surface area contributed by atoms with Crippen LogP contribution in [0.3, 0.4) is 0 Å². The van der Waals surface area contributed by atoms with Crippen LogP contribution in [0.25, 0.3) is 0 Å². The number of halogens is 1. The average Bonchev–Trinajstić information content (AvgIpc) is 2.81. The first-order valence-corrected chi connectivity index (χ1v) is 7.81. The van der Waals surface area contributed by atoms with Gasteiger partial charge in [0.25, 0.3) is 0 Å². The zero-order valence-electron chi connectivity index (χ0n) is 13.0. The molecule has 0 aliphatic carbocycles. The molecule has 1 aliphatic heterocycles. The average molecular weight is 399 g/mol. The van der Waals surface area contributed by atoms with E-state index in [0.717, 1.165) is 16.5 Å². The summed E-state index contributed by atoms with van der Waals surface area (Å²) in [4.78, 5) is 48.3. The molecule has 1 heterocycles. The van der Waals surface area contributed by atoms with Crippen molar-refractivity contribution < 1.29 is 24.0 Å². The Labute approximate surface area is 146 Å². The van der Waals surface area contributed by atoms with Gasteiger partial charge in [0, 0.05) is 22.9 Å². The van der Waals surface area contributed by atoms with Crippen LogP contribution in [-0.4, -0.2) is 47.3 Å². The molecule has 1 fully saturated rings. The maximum absolute atomic E-state index is 12.3. The number of methoxy groups -OCH3 is 1. The molecule has 24 heavy (non-hydrogen) atoms. The van der Waals surface area contributed by atoms with Gasteiger partial charge < -0.3 is 4.74 Å². The van der Waals surface area contributed by atoms with E-state index in [9.17, 15) is 24.5 Å². The van der Waals surface area contributed by atoms with E-state index in [-0.39, 0.29) is 6.42 Å². The minimum atomic E-state index is -2.35. The van der Waals surface area contributed by atoms with Crippen LogP contribution < -0.4 is 0 Å². The number of hydrogen-bond acceptors (Lipinski definition) is 6. The van der Waals surface area contributed by atoms with Gasteiger partial charge in [-0.05, 0) is 17.7 Å². The van der Waals surface area contributed by atoms with Crippen LogP contribution in [0.5, 0.6) is 0 Å². The van der Waals surface area contributed by atoms with Gasteiger partial charge in [-0.1, -0.05) is 28.1 Å². The van der Waals surface area contributed by atoms with E-state index in [2.05, 4.69) is 20.7 Å². The van der Waals surface area contributed by atoms with Crippen molar-refractivity contribution in [3.8, 4) is 0 Å². The summed E-state index contributed by atoms with van der Waals surface area (Å²) in [6.07, 6.45) is -0.751. The summed E-state index contributed by atoms with van der Waals surface area (Å²) in [5.74, 6) is -3.85. The fraction of sp³-hybridized carbons (Fsp3) is 0.400. The second-order valence-electron chi connectivity index (χ2n) is 5.52. The van der Waals surface area contributed by atoms with Crippen molar-refractivity contribution >= 4 is 33.7 Å². The van der Waals surface area contributed by atoms with Crippen molar-refractivity contribution in [1.29, 1.82) is 0 Å². The number of esters is 1. The Balaban J connectivity index is 2.54. The van der Waals surface area contributed by atoms with Crippen molar-refractivity contribution in [2.45, 2.75) is 18.4 Å². The van der Waals surface area contributed by atoms with Crippen LogP contribution in [0.4, 0.5) is 0 Å². The van der Waals surface area contributed by atoms with E-state index < -0.39 is 40.6 Å². The van der Waals surface area contributed by atoms with E-state index in [4.69, 9.17) is 0 Å². The molecular formula is C15H15BrN2O6. The SMILES string of the molecule is COC(=O)[C@](Cc1ccc(Br)cc1)([C@@H]1CC(=O)N(C)C1=O)[N+](=O)[O-]. The molecule has 128 valence electrons. The summed E-state index contributed by atoms with van der Waals surface area (Å²) in [6.45, 7) is 0. The van der Waals surface area contributed by atoms with Crippen LogP contribution in [0.1, 0.15) is 12.0 Å². The molecule has 0 N–H and O–H groups in total. The number of imide groups is 1. The zero-order valence-corrected chi connectivity index (χ0v) is 14.6. The minimum absolute atomic E-state index is 0.350. The predicted molar refractivity (Wildman–Crippen MR) is 85.5 cm³/mol. The highest BCUT2D eigenvalue weighted by molar-refractivity contribution is 9.10. The fourth-order valence-corrected chi connectivity index (χ4v) is 3.09. The lowest BCUT2D eigenvalue weighted by atomic mass is 9.78. The molecule has 0 radical (unpaired) electrons. The molecule has 8 nitrogen and oxygen atoms in total. The molecule has 2 rings (SSSR count). The van der Waals surface area contributed by atoms with Crippen molar-refractivity contribution in [3.63, 3.8) is 0 Å². The molecule has 0 spiro atoms. The number of carbonyl (C=O) groups is 3. The number of rotatable bonds is 5. The molecule has 1 aromatic carbocycles. The maximum Gasteiger partial charge on any atom is 0.385 e. The highest BCUT2D eigenvalue weighted by atomic mass is 79.9.